The number of likely N-dealkylation sites (tertiary alicyclic amines) is 1. The van der Waals surface area contributed by atoms with Crippen molar-refractivity contribution in [2.45, 2.75) is 25.3 Å². The van der Waals surface area contributed by atoms with Crippen molar-refractivity contribution in [3.05, 3.63) is 24.2 Å². The van der Waals surface area contributed by atoms with E-state index >= 15 is 0 Å². The predicted octanol–water partition coefficient (Wildman–Crippen LogP) is 0.906. The van der Waals surface area contributed by atoms with Crippen molar-refractivity contribution in [1.29, 1.82) is 0 Å². The summed E-state index contributed by atoms with van der Waals surface area (Å²) in [5.74, 6) is 0.287. The van der Waals surface area contributed by atoms with Crippen LogP contribution in [0.2, 0.25) is 0 Å². The molecule has 1 aromatic heterocycles. The highest BCUT2D eigenvalue weighted by atomic mass is 16.5. The van der Waals surface area contributed by atoms with E-state index in [1.807, 2.05) is 0 Å². The van der Waals surface area contributed by atoms with Crippen molar-refractivity contribution in [3.8, 4) is 0 Å². The summed E-state index contributed by atoms with van der Waals surface area (Å²) in [6, 6.07) is 3.37. The number of nitrogens with one attached hydrogen (secondary N) is 2. The summed E-state index contributed by atoms with van der Waals surface area (Å²) in [6.07, 6.45) is 3.95. The highest BCUT2D eigenvalue weighted by Gasteiger charge is 2.25. The Bertz CT molecular complexity index is 564. The van der Waals surface area contributed by atoms with E-state index in [1.54, 1.807) is 17.0 Å². The largest absolute Gasteiger partial charge is 0.459 e. The molecule has 0 saturated carbocycles. The second-order valence-electron chi connectivity index (χ2n) is 6.75. The number of carbonyl (C=O) groups excluding carboxylic acids is 2. The van der Waals surface area contributed by atoms with Gasteiger partial charge < -0.3 is 24.7 Å². The minimum absolute atomic E-state index is 0.0824. The maximum absolute atomic E-state index is 12.2. The van der Waals surface area contributed by atoms with Gasteiger partial charge in [-0.25, -0.2) is 4.79 Å². The molecule has 2 N–H and O–H groups in total. The zero-order valence-electron chi connectivity index (χ0n) is 15.1. The molecular formula is C18H28N4O4. The molecule has 1 aromatic rings. The molecule has 0 atom stereocenters. The van der Waals surface area contributed by atoms with E-state index in [-0.39, 0.29) is 18.0 Å². The average molecular weight is 364 g/mol. The summed E-state index contributed by atoms with van der Waals surface area (Å²) in [4.78, 5) is 28.4. The molecule has 0 radical (unpaired) electrons. The molecule has 0 aliphatic carbocycles. The van der Waals surface area contributed by atoms with Gasteiger partial charge in [0.1, 0.15) is 0 Å². The summed E-state index contributed by atoms with van der Waals surface area (Å²) in [5, 5.41) is 5.93. The number of piperidine rings is 1. The minimum Gasteiger partial charge on any atom is -0.459 e. The molecule has 144 valence electrons. The first-order chi connectivity index (χ1) is 12.7. The Morgan fingerprint density at radius 1 is 1.15 bits per heavy atom. The van der Waals surface area contributed by atoms with Gasteiger partial charge in [-0.3, -0.25) is 9.69 Å². The zero-order chi connectivity index (χ0) is 18.2. The van der Waals surface area contributed by atoms with Crippen LogP contribution >= 0.6 is 0 Å². The third-order valence-corrected chi connectivity index (χ3v) is 4.89. The quantitative estimate of drug-likeness (QED) is 0.733. The van der Waals surface area contributed by atoms with Crippen molar-refractivity contribution in [2.24, 2.45) is 0 Å². The third-order valence-electron chi connectivity index (χ3n) is 4.89. The third kappa shape index (κ3) is 5.47. The van der Waals surface area contributed by atoms with Crippen LogP contribution in [0.4, 0.5) is 4.79 Å². The first kappa shape index (κ1) is 18.7. The Kier molecular flexibility index (Phi) is 6.90. The van der Waals surface area contributed by atoms with E-state index in [1.165, 1.54) is 6.26 Å². The van der Waals surface area contributed by atoms with Crippen molar-refractivity contribution in [1.82, 2.24) is 20.4 Å². The van der Waals surface area contributed by atoms with E-state index in [0.29, 0.717) is 25.4 Å². The molecule has 2 aliphatic rings. The van der Waals surface area contributed by atoms with Gasteiger partial charge in [-0.05, 0) is 37.9 Å². The van der Waals surface area contributed by atoms with Gasteiger partial charge in [0.2, 0.25) is 0 Å². The SMILES string of the molecule is O=C(NCCCN1CCOCC1)NC1CCN(C(=O)c2ccco2)CC1. The number of hydrogen-bond donors (Lipinski definition) is 2. The van der Waals surface area contributed by atoms with Crippen LogP contribution in [0.15, 0.2) is 22.8 Å². The number of urea groups is 1. The van der Waals surface area contributed by atoms with Crippen molar-refractivity contribution >= 4 is 11.9 Å². The Hall–Kier alpha value is -2.06. The van der Waals surface area contributed by atoms with Gasteiger partial charge in [-0.2, -0.15) is 0 Å². The first-order valence-corrected chi connectivity index (χ1v) is 9.39. The van der Waals surface area contributed by atoms with Crippen LogP contribution in [-0.2, 0) is 4.74 Å². The van der Waals surface area contributed by atoms with Gasteiger partial charge in [0.25, 0.3) is 5.91 Å². The van der Waals surface area contributed by atoms with Crippen molar-refractivity contribution in [2.75, 3.05) is 52.5 Å². The lowest BCUT2D eigenvalue weighted by Gasteiger charge is -2.32. The van der Waals surface area contributed by atoms with Gasteiger partial charge in [0.15, 0.2) is 5.76 Å². The summed E-state index contributed by atoms with van der Waals surface area (Å²) >= 11 is 0. The highest BCUT2D eigenvalue weighted by molar-refractivity contribution is 5.91. The first-order valence-electron chi connectivity index (χ1n) is 9.39. The minimum atomic E-state index is -0.122. The fourth-order valence-corrected chi connectivity index (χ4v) is 3.35. The molecule has 0 unspecified atom stereocenters. The molecule has 8 heteroatoms. The molecule has 3 heterocycles. The number of furan rings is 1. The van der Waals surface area contributed by atoms with Crippen LogP contribution < -0.4 is 10.6 Å². The van der Waals surface area contributed by atoms with Crippen molar-refractivity contribution in [3.63, 3.8) is 0 Å². The number of hydrogen-bond acceptors (Lipinski definition) is 5. The molecule has 2 fully saturated rings. The maximum Gasteiger partial charge on any atom is 0.315 e. The van der Waals surface area contributed by atoms with Crippen LogP contribution in [-0.4, -0.2) is 80.3 Å². The monoisotopic (exact) mass is 364 g/mol. The molecule has 8 nitrogen and oxygen atoms in total. The highest BCUT2D eigenvalue weighted by Crippen LogP contribution is 2.14. The van der Waals surface area contributed by atoms with E-state index < -0.39 is 0 Å². The molecular weight excluding hydrogens is 336 g/mol. The molecule has 26 heavy (non-hydrogen) atoms. The fourth-order valence-electron chi connectivity index (χ4n) is 3.35. The summed E-state index contributed by atoms with van der Waals surface area (Å²) in [6.45, 7) is 6.45. The summed E-state index contributed by atoms with van der Waals surface area (Å²) in [5.41, 5.74) is 0. The normalized spacial score (nSPS) is 19.3. The van der Waals surface area contributed by atoms with Crippen LogP contribution in [0.5, 0.6) is 0 Å². The standard InChI is InChI=1S/C18H28N4O4/c23-17(16-3-1-12-26-16)22-8-4-15(5-9-22)20-18(24)19-6-2-7-21-10-13-25-14-11-21/h1,3,12,15H,2,4-11,13-14H2,(H2,19,20,24). The topological polar surface area (TPSA) is 87.1 Å². The Morgan fingerprint density at radius 3 is 2.62 bits per heavy atom. The van der Waals surface area contributed by atoms with Crippen LogP contribution in [0.3, 0.4) is 0 Å². The maximum atomic E-state index is 12.2. The van der Waals surface area contributed by atoms with Crippen molar-refractivity contribution < 1.29 is 18.7 Å². The van der Waals surface area contributed by atoms with Gasteiger partial charge in [-0.1, -0.05) is 0 Å². The lowest BCUT2D eigenvalue weighted by atomic mass is 10.0. The van der Waals surface area contributed by atoms with Gasteiger partial charge >= 0.3 is 6.03 Å². The molecule has 0 spiro atoms. The average Bonchev–Trinajstić information content (AvgIpc) is 3.21. The lowest BCUT2D eigenvalue weighted by molar-refractivity contribution is 0.0375. The molecule has 2 saturated heterocycles. The summed E-state index contributed by atoms with van der Waals surface area (Å²) < 4.78 is 10.5. The Morgan fingerprint density at radius 2 is 1.92 bits per heavy atom. The van der Waals surface area contributed by atoms with E-state index in [2.05, 4.69) is 15.5 Å². The predicted molar refractivity (Wildman–Crippen MR) is 96.0 cm³/mol. The van der Waals surface area contributed by atoms with E-state index in [4.69, 9.17) is 9.15 Å². The van der Waals surface area contributed by atoms with Gasteiger partial charge in [-0.15, -0.1) is 0 Å². The lowest BCUT2D eigenvalue weighted by Crippen LogP contribution is -2.49. The second-order valence-corrected chi connectivity index (χ2v) is 6.75. The van der Waals surface area contributed by atoms with Gasteiger partial charge in [0.05, 0.1) is 19.5 Å². The van der Waals surface area contributed by atoms with E-state index in [0.717, 1.165) is 52.1 Å². The summed E-state index contributed by atoms with van der Waals surface area (Å²) in [7, 11) is 0. The molecule has 0 bridgehead atoms. The number of amides is 3. The molecule has 2 aliphatic heterocycles. The number of rotatable bonds is 6. The number of morpholine rings is 1. The Labute approximate surface area is 153 Å². The zero-order valence-corrected chi connectivity index (χ0v) is 15.1. The van der Waals surface area contributed by atoms with Crippen LogP contribution in [0, 0.1) is 0 Å². The fraction of sp³-hybridized carbons (Fsp3) is 0.667. The molecule has 0 aromatic carbocycles. The Balaban J connectivity index is 1.28. The molecule has 3 rings (SSSR count). The smallest absolute Gasteiger partial charge is 0.315 e. The second kappa shape index (κ2) is 9.59. The van der Waals surface area contributed by atoms with E-state index in [9.17, 15) is 9.59 Å². The van der Waals surface area contributed by atoms with Crippen LogP contribution in [0.1, 0.15) is 29.8 Å². The number of nitrogens with zero attached hydrogens (tertiary/aromatic N) is 2. The van der Waals surface area contributed by atoms with Gasteiger partial charge in [0, 0.05) is 38.8 Å². The van der Waals surface area contributed by atoms with Crippen LogP contribution in [0.25, 0.3) is 0 Å². The number of carbonyl (C=O) groups is 2. The molecule has 3 amide bonds. The number of ether oxygens (including phenoxy) is 1.